The molecule has 1 aliphatic heterocycles. The quantitative estimate of drug-likeness (QED) is 0.372. The molecule has 0 saturated carbocycles. The first-order chi connectivity index (χ1) is 17.4. The average Bonchev–Trinajstić information content (AvgIpc) is 3.28. The number of carbonyl (C=O) groups is 1. The molecule has 7 nitrogen and oxygen atoms in total. The minimum atomic E-state index is -0.341. The number of hydrogen-bond acceptors (Lipinski definition) is 4. The number of urea groups is 1. The summed E-state index contributed by atoms with van der Waals surface area (Å²) in [5, 5.41) is 13.8. The summed E-state index contributed by atoms with van der Waals surface area (Å²) in [6.07, 6.45) is 1.78. The fraction of sp³-hybridized carbons (Fsp3) is 0.214. The molecule has 3 aromatic carbocycles. The van der Waals surface area contributed by atoms with Crippen molar-refractivity contribution in [3.8, 4) is 11.1 Å². The molecule has 0 aliphatic carbocycles. The van der Waals surface area contributed by atoms with Crippen molar-refractivity contribution >= 4 is 28.3 Å². The van der Waals surface area contributed by atoms with Crippen molar-refractivity contribution in [2.24, 2.45) is 4.99 Å². The Balaban J connectivity index is 1.40. The van der Waals surface area contributed by atoms with Crippen molar-refractivity contribution in [3.63, 3.8) is 0 Å². The van der Waals surface area contributed by atoms with E-state index in [4.69, 9.17) is 0 Å². The highest BCUT2D eigenvalue weighted by molar-refractivity contribution is 6.02. The summed E-state index contributed by atoms with van der Waals surface area (Å²) in [5.41, 5.74) is 4.18. The predicted molar refractivity (Wildman–Crippen MR) is 139 cm³/mol. The number of nitrogens with zero attached hydrogens (tertiary/aromatic N) is 2. The van der Waals surface area contributed by atoms with E-state index in [1.54, 1.807) is 18.2 Å². The summed E-state index contributed by atoms with van der Waals surface area (Å²) in [6, 6.07) is 17.7. The van der Waals surface area contributed by atoms with Gasteiger partial charge in [0.05, 0.1) is 16.8 Å². The molecule has 0 spiro atoms. The van der Waals surface area contributed by atoms with Gasteiger partial charge in [-0.3, -0.25) is 10.1 Å². The van der Waals surface area contributed by atoms with Crippen LogP contribution in [0.2, 0.25) is 0 Å². The molecule has 2 heterocycles. The van der Waals surface area contributed by atoms with E-state index in [-0.39, 0.29) is 23.4 Å². The Morgan fingerprint density at radius 3 is 2.72 bits per heavy atom. The number of hydrogen-bond donors (Lipinski definition) is 3. The van der Waals surface area contributed by atoms with E-state index in [2.05, 4.69) is 25.8 Å². The monoisotopic (exact) mass is 483 g/mol. The number of amides is 2. The summed E-state index contributed by atoms with van der Waals surface area (Å²) in [4.78, 5) is 28.8. The molecule has 4 aromatic rings. The lowest BCUT2D eigenvalue weighted by Gasteiger charge is -2.12. The van der Waals surface area contributed by atoms with Gasteiger partial charge in [0, 0.05) is 29.8 Å². The molecule has 0 saturated heterocycles. The van der Waals surface area contributed by atoms with Crippen molar-refractivity contribution in [2.45, 2.75) is 39.2 Å². The molecule has 1 aliphatic rings. The number of amidine groups is 1. The van der Waals surface area contributed by atoms with E-state index in [1.165, 1.54) is 6.07 Å². The summed E-state index contributed by atoms with van der Waals surface area (Å²) in [7, 11) is 0. The third-order valence-electron chi connectivity index (χ3n) is 6.43. The molecule has 0 fully saturated rings. The molecule has 1 unspecified atom stereocenters. The summed E-state index contributed by atoms with van der Waals surface area (Å²) < 4.78 is 14.9. The Bertz CT molecular complexity index is 1560. The predicted octanol–water partition coefficient (Wildman–Crippen LogP) is 5.00. The zero-order chi connectivity index (χ0) is 25.2. The number of nitrogens with one attached hydrogen (secondary N) is 3. The zero-order valence-corrected chi connectivity index (χ0v) is 20.1. The second-order valence-electron chi connectivity index (χ2n) is 9.02. The van der Waals surface area contributed by atoms with Crippen LogP contribution in [0.5, 0.6) is 0 Å². The third-order valence-corrected chi connectivity index (χ3v) is 6.43. The standard InChI is InChI=1S/C28H26FN5O2/c1-3-16(2)30-28(36)32-26-15-19-10-9-18(14-24(19)31-26)22-12-17(8-11-23(22)29)13-25-20-6-4-5-7-21(20)27(35)34-33-25/h4-12,14,16H,3,13,15H2,1-2H3,(H,34,35)(H2,30,31,32,36). The smallest absolute Gasteiger partial charge is 0.320 e. The number of aliphatic imine (C=N–C) groups is 1. The molecule has 3 N–H and O–H groups in total. The molecule has 36 heavy (non-hydrogen) atoms. The average molecular weight is 484 g/mol. The lowest BCUT2D eigenvalue weighted by atomic mass is 9.97. The fourth-order valence-corrected chi connectivity index (χ4v) is 4.32. The van der Waals surface area contributed by atoms with E-state index < -0.39 is 0 Å². The second kappa shape index (κ2) is 9.73. The van der Waals surface area contributed by atoms with Gasteiger partial charge < -0.3 is 5.32 Å². The number of benzene rings is 3. The lowest BCUT2D eigenvalue weighted by molar-refractivity contribution is 0.242. The van der Waals surface area contributed by atoms with Gasteiger partial charge in [0.1, 0.15) is 11.7 Å². The van der Waals surface area contributed by atoms with Crippen molar-refractivity contribution in [1.29, 1.82) is 0 Å². The maximum absolute atomic E-state index is 14.9. The van der Waals surface area contributed by atoms with Gasteiger partial charge in [-0.25, -0.2) is 19.3 Å². The SMILES string of the molecule is CCC(C)NC(=O)NC1=Nc2cc(-c3cc(Cc4n[nH]c(=O)c5ccccc45)ccc3F)ccc2C1. The third kappa shape index (κ3) is 4.75. The van der Waals surface area contributed by atoms with Crippen molar-refractivity contribution in [2.75, 3.05) is 0 Å². The van der Waals surface area contributed by atoms with Gasteiger partial charge in [0.2, 0.25) is 0 Å². The molecular weight excluding hydrogens is 457 g/mol. The van der Waals surface area contributed by atoms with E-state index in [9.17, 15) is 14.0 Å². The van der Waals surface area contributed by atoms with Crippen LogP contribution in [0.3, 0.4) is 0 Å². The van der Waals surface area contributed by atoms with Crippen LogP contribution in [0.1, 0.15) is 37.1 Å². The molecule has 8 heteroatoms. The number of rotatable bonds is 5. The van der Waals surface area contributed by atoms with Crippen LogP contribution >= 0.6 is 0 Å². The van der Waals surface area contributed by atoms with E-state index in [0.29, 0.717) is 46.6 Å². The van der Waals surface area contributed by atoms with Crippen LogP contribution in [0.25, 0.3) is 21.9 Å². The highest BCUT2D eigenvalue weighted by Crippen LogP contribution is 2.33. The number of halogens is 1. The summed E-state index contributed by atoms with van der Waals surface area (Å²) >= 11 is 0. The number of H-pyrrole nitrogens is 1. The summed E-state index contributed by atoms with van der Waals surface area (Å²) in [5.74, 6) is 0.222. The number of aromatic amines is 1. The normalized spacial score (nSPS) is 13.2. The molecule has 5 rings (SSSR count). The van der Waals surface area contributed by atoms with Crippen LogP contribution < -0.4 is 16.2 Å². The molecule has 0 bridgehead atoms. The van der Waals surface area contributed by atoms with E-state index >= 15 is 0 Å². The largest absolute Gasteiger partial charge is 0.335 e. The van der Waals surface area contributed by atoms with Crippen LogP contribution in [-0.2, 0) is 12.8 Å². The van der Waals surface area contributed by atoms with Gasteiger partial charge in [-0.2, -0.15) is 5.10 Å². The first kappa shape index (κ1) is 23.4. The lowest BCUT2D eigenvalue weighted by Crippen LogP contribution is -2.43. The molecule has 2 amide bonds. The first-order valence-corrected chi connectivity index (χ1v) is 11.9. The Kier molecular flexibility index (Phi) is 6.33. The topological polar surface area (TPSA) is 99.2 Å². The number of fused-ring (bicyclic) bond motifs is 2. The molecule has 0 radical (unpaired) electrons. The van der Waals surface area contributed by atoms with Crippen LogP contribution in [-0.4, -0.2) is 28.1 Å². The van der Waals surface area contributed by atoms with Crippen LogP contribution in [0, 0.1) is 5.82 Å². The fourth-order valence-electron chi connectivity index (χ4n) is 4.32. The van der Waals surface area contributed by atoms with Crippen molar-refractivity contribution in [1.82, 2.24) is 20.8 Å². The Hall–Kier alpha value is -4.33. The Morgan fingerprint density at radius 2 is 1.92 bits per heavy atom. The Labute approximate surface area is 207 Å². The Morgan fingerprint density at radius 1 is 1.11 bits per heavy atom. The molecule has 1 atom stereocenters. The van der Waals surface area contributed by atoms with Gasteiger partial charge in [0.15, 0.2) is 0 Å². The van der Waals surface area contributed by atoms with Crippen LogP contribution in [0.15, 0.2) is 70.5 Å². The summed E-state index contributed by atoms with van der Waals surface area (Å²) in [6.45, 7) is 3.94. The molecule has 1 aromatic heterocycles. The number of carbonyl (C=O) groups excluding carboxylic acids is 1. The minimum Gasteiger partial charge on any atom is -0.335 e. The van der Waals surface area contributed by atoms with Gasteiger partial charge in [-0.15, -0.1) is 0 Å². The maximum atomic E-state index is 14.9. The zero-order valence-electron chi connectivity index (χ0n) is 20.1. The van der Waals surface area contributed by atoms with Gasteiger partial charge >= 0.3 is 6.03 Å². The van der Waals surface area contributed by atoms with Gasteiger partial charge in [0.25, 0.3) is 5.56 Å². The minimum absolute atomic E-state index is 0.0700. The number of aromatic nitrogens is 2. The van der Waals surface area contributed by atoms with Crippen molar-refractivity contribution in [3.05, 3.63) is 93.7 Å². The highest BCUT2D eigenvalue weighted by Gasteiger charge is 2.19. The van der Waals surface area contributed by atoms with Crippen LogP contribution in [0.4, 0.5) is 14.9 Å². The van der Waals surface area contributed by atoms with Crippen molar-refractivity contribution < 1.29 is 9.18 Å². The highest BCUT2D eigenvalue weighted by atomic mass is 19.1. The maximum Gasteiger partial charge on any atom is 0.320 e. The molecular formula is C28H26FN5O2. The van der Waals surface area contributed by atoms with Gasteiger partial charge in [-0.1, -0.05) is 43.3 Å². The van der Waals surface area contributed by atoms with E-state index in [0.717, 1.165) is 22.9 Å². The van der Waals surface area contributed by atoms with Gasteiger partial charge in [-0.05, 0) is 54.3 Å². The molecule has 182 valence electrons. The van der Waals surface area contributed by atoms with E-state index in [1.807, 2.05) is 50.2 Å². The second-order valence-corrected chi connectivity index (χ2v) is 9.02. The first-order valence-electron chi connectivity index (χ1n) is 11.9.